The van der Waals surface area contributed by atoms with Crippen LogP contribution in [0.5, 0.6) is 0 Å². The topological polar surface area (TPSA) is 58.6 Å². The van der Waals surface area contributed by atoms with Gasteiger partial charge in [0.25, 0.3) is 5.91 Å². The van der Waals surface area contributed by atoms with Crippen molar-refractivity contribution in [1.29, 1.82) is 0 Å². The van der Waals surface area contributed by atoms with Crippen LogP contribution in [-0.2, 0) is 14.3 Å². The molecule has 0 aromatic heterocycles. The fourth-order valence-electron chi connectivity index (χ4n) is 2.20. The van der Waals surface area contributed by atoms with Gasteiger partial charge in [0.05, 0.1) is 6.42 Å². The molecule has 0 unspecified atom stereocenters. The quantitative estimate of drug-likeness (QED) is 0.546. The fourth-order valence-corrected chi connectivity index (χ4v) is 3.07. The molecule has 0 radical (unpaired) electrons. The number of halogens is 1. The molecule has 2 aromatic rings. The van der Waals surface area contributed by atoms with E-state index in [1.807, 2.05) is 31.1 Å². The van der Waals surface area contributed by atoms with Crippen LogP contribution in [0.2, 0.25) is 0 Å². The third-order valence-corrected chi connectivity index (χ3v) is 4.78. The van der Waals surface area contributed by atoms with Crippen molar-refractivity contribution in [1.82, 2.24) is 0 Å². The maximum absolute atomic E-state index is 13.5. The zero-order chi connectivity index (χ0) is 19.8. The number of amides is 1. The van der Waals surface area contributed by atoms with Crippen LogP contribution in [0.4, 0.5) is 15.8 Å². The molecule has 0 heterocycles. The number of nitrogens with zero attached hydrogens (tertiary/aromatic N) is 1. The Morgan fingerprint density at radius 3 is 2.44 bits per heavy atom. The molecular weight excluding hydrogens is 367 g/mol. The van der Waals surface area contributed by atoms with E-state index in [0.717, 1.165) is 5.69 Å². The van der Waals surface area contributed by atoms with Crippen molar-refractivity contribution in [2.45, 2.75) is 24.3 Å². The summed E-state index contributed by atoms with van der Waals surface area (Å²) in [6.45, 7) is 1.52. The number of anilines is 2. The predicted octanol–water partition coefficient (Wildman–Crippen LogP) is 3.94. The van der Waals surface area contributed by atoms with Gasteiger partial charge >= 0.3 is 5.97 Å². The standard InChI is InChI=1S/C20H23FN2O3S/c1-14(20(25)22-15-8-10-16(11-9-15)23(2)3)26-19(24)12-13-27-18-7-5-4-6-17(18)21/h4-11,14H,12-13H2,1-3H3,(H,22,25)/t14-/m1/s1. The van der Waals surface area contributed by atoms with Crippen molar-refractivity contribution in [3.63, 3.8) is 0 Å². The summed E-state index contributed by atoms with van der Waals surface area (Å²) in [4.78, 5) is 26.5. The normalized spacial score (nSPS) is 11.6. The zero-order valence-corrected chi connectivity index (χ0v) is 16.4. The van der Waals surface area contributed by atoms with E-state index in [4.69, 9.17) is 4.74 Å². The molecule has 0 aliphatic carbocycles. The Morgan fingerprint density at radius 2 is 1.81 bits per heavy atom. The molecule has 1 N–H and O–H groups in total. The molecule has 0 bridgehead atoms. The number of rotatable bonds is 8. The lowest BCUT2D eigenvalue weighted by atomic mass is 10.2. The van der Waals surface area contributed by atoms with Crippen LogP contribution in [0, 0.1) is 5.82 Å². The number of hydrogen-bond acceptors (Lipinski definition) is 5. The van der Waals surface area contributed by atoms with Gasteiger partial charge in [0, 0.05) is 36.1 Å². The SMILES string of the molecule is C[C@@H](OC(=O)CCSc1ccccc1F)C(=O)Nc1ccc(N(C)C)cc1. The van der Waals surface area contributed by atoms with Gasteiger partial charge < -0.3 is 15.0 Å². The highest BCUT2D eigenvalue weighted by atomic mass is 32.2. The first-order chi connectivity index (χ1) is 12.9. The van der Waals surface area contributed by atoms with Crippen molar-refractivity contribution in [3.8, 4) is 0 Å². The van der Waals surface area contributed by atoms with Crippen LogP contribution in [0.15, 0.2) is 53.4 Å². The van der Waals surface area contributed by atoms with Gasteiger partial charge in [0.15, 0.2) is 6.10 Å². The number of hydrogen-bond donors (Lipinski definition) is 1. The molecule has 27 heavy (non-hydrogen) atoms. The number of thioether (sulfide) groups is 1. The highest BCUT2D eigenvalue weighted by Gasteiger charge is 2.18. The first-order valence-electron chi connectivity index (χ1n) is 8.52. The summed E-state index contributed by atoms with van der Waals surface area (Å²) in [5.41, 5.74) is 1.64. The van der Waals surface area contributed by atoms with E-state index in [1.165, 1.54) is 24.8 Å². The number of esters is 1. The van der Waals surface area contributed by atoms with Gasteiger partial charge in [-0.2, -0.15) is 0 Å². The van der Waals surface area contributed by atoms with Gasteiger partial charge in [0.1, 0.15) is 5.82 Å². The minimum atomic E-state index is -0.913. The lowest BCUT2D eigenvalue weighted by Gasteiger charge is -2.15. The average molecular weight is 390 g/mol. The lowest BCUT2D eigenvalue weighted by molar-refractivity contribution is -0.152. The third kappa shape index (κ3) is 6.60. The maximum Gasteiger partial charge on any atom is 0.307 e. The highest BCUT2D eigenvalue weighted by Crippen LogP contribution is 2.22. The molecule has 144 valence electrons. The summed E-state index contributed by atoms with van der Waals surface area (Å²) in [7, 11) is 3.86. The van der Waals surface area contributed by atoms with E-state index < -0.39 is 18.0 Å². The second-order valence-corrected chi connectivity index (χ2v) is 7.23. The second-order valence-electron chi connectivity index (χ2n) is 6.09. The molecule has 1 atom stereocenters. The molecule has 0 spiro atoms. The number of benzene rings is 2. The zero-order valence-electron chi connectivity index (χ0n) is 15.6. The number of carbonyl (C=O) groups excluding carboxylic acids is 2. The van der Waals surface area contributed by atoms with Gasteiger partial charge in [-0.25, -0.2) is 4.39 Å². The molecule has 2 rings (SSSR count). The second kappa shape index (κ2) is 9.97. The van der Waals surface area contributed by atoms with Gasteiger partial charge in [-0.05, 0) is 43.3 Å². The Labute approximate surface area is 162 Å². The predicted molar refractivity (Wildman–Crippen MR) is 107 cm³/mol. The van der Waals surface area contributed by atoms with Crippen molar-refractivity contribution in [2.24, 2.45) is 0 Å². The summed E-state index contributed by atoms with van der Waals surface area (Å²) in [6.07, 6.45) is -0.821. The highest BCUT2D eigenvalue weighted by molar-refractivity contribution is 7.99. The number of ether oxygens (including phenoxy) is 1. The van der Waals surface area contributed by atoms with Crippen LogP contribution < -0.4 is 10.2 Å². The Balaban J connectivity index is 1.76. The lowest BCUT2D eigenvalue weighted by Crippen LogP contribution is -2.30. The van der Waals surface area contributed by atoms with E-state index >= 15 is 0 Å². The van der Waals surface area contributed by atoms with Crippen LogP contribution in [-0.4, -0.2) is 37.8 Å². The largest absolute Gasteiger partial charge is 0.453 e. The molecule has 0 saturated heterocycles. The van der Waals surface area contributed by atoms with Gasteiger partial charge in [0.2, 0.25) is 0 Å². The van der Waals surface area contributed by atoms with Crippen LogP contribution in [0.25, 0.3) is 0 Å². The molecule has 1 amide bonds. The van der Waals surface area contributed by atoms with Crippen molar-refractivity contribution in [3.05, 3.63) is 54.3 Å². The molecule has 2 aromatic carbocycles. The van der Waals surface area contributed by atoms with E-state index in [1.54, 1.807) is 30.3 Å². The number of nitrogens with one attached hydrogen (secondary N) is 1. The molecule has 0 fully saturated rings. The summed E-state index contributed by atoms with van der Waals surface area (Å²) >= 11 is 1.24. The summed E-state index contributed by atoms with van der Waals surface area (Å²) in [6, 6.07) is 13.7. The van der Waals surface area contributed by atoms with Crippen LogP contribution >= 0.6 is 11.8 Å². The summed E-state index contributed by atoms with van der Waals surface area (Å²) < 4.78 is 18.7. The monoisotopic (exact) mass is 390 g/mol. The van der Waals surface area contributed by atoms with Gasteiger partial charge in [-0.3, -0.25) is 9.59 Å². The third-order valence-electron chi connectivity index (χ3n) is 3.73. The molecule has 0 aliphatic heterocycles. The van der Waals surface area contributed by atoms with Crippen LogP contribution in [0.3, 0.4) is 0 Å². The minimum absolute atomic E-state index is 0.0914. The van der Waals surface area contributed by atoms with E-state index in [-0.39, 0.29) is 12.2 Å². The smallest absolute Gasteiger partial charge is 0.307 e. The Morgan fingerprint density at radius 1 is 1.15 bits per heavy atom. The summed E-state index contributed by atoms with van der Waals surface area (Å²) in [5.74, 6) is -0.837. The van der Waals surface area contributed by atoms with Crippen molar-refractivity contribution in [2.75, 3.05) is 30.1 Å². The van der Waals surface area contributed by atoms with Gasteiger partial charge in [-0.1, -0.05) is 12.1 Å². The number of carbonyl (C=O) groups is 2. The van der Waals surface area contributed by atoms with Crippen molar-refractivity contribution < 1.29 is 18.7 Å². The van der Waals surface area contributed by atoms with Crippen molar-refractivity contribution >= 4 is 35.0 Å². The van der Waals surface area contributed by atoms with E-state index in [9.17, 15) is 14.0 Å². The maximum atomic E-state index is 13.5. The van der Waals surface area contributed by atoms with Gasteiger partial charge in [-0.15, -0.1) is 11.8 Å². The fraction of sp³-hybridized carbons (Fsp3) is 0.300. The Bertz CT molecular complexity index is 781. The molecular formula is C20H23FN2O3S. The average Bonchev–Trinajstić information content (AvgIpc) is 2.63. The molecule has 7 heteroatoms. The minimum Gasteiger partial charge on any atom is -0.453 e. The Kier molecular flexibility index (Phi) is 7.67. The van der Waals surface area contributed by atoms with E-state index in [0.29, 0.717) is 16.3 Å². The van der Waals surface area contributed by atoms with Crippen LogP contribution in [0.1, 0.15) is 13.3 Å². The molecule has 5 nitrogen and oxygen atoms in total. The molecule has 0 saturated carbocycles. The Hall–Kier alpha value is -2.54. The molecule has 0 aliphatic rings. The first-order valence-corrected chi connectivity index (χ1v) is 9.50. The first kappa shape index (κ1) is 20.8. The van der Waals surface area contributed by atoms with E-state index in [2.05, 4.69) is 5.32 Å². The summed E-state index contributed by atoms with van der Waals surface area (Å²) in [5, 5.41) is 2.71.